The molecule has 4 N–H and O–H groups in total. The lowest BCUT2D eigenvalue weighted by Gasteiger charge is -2.17. The summed E-state index contributed by atoms with van der Waals surface area (Å²) < 4.78 is 12.8. The predicted octanol–water partition coefficient (Wildman–Crippen LogP) is 1.04. The molecule has 0 aliphatic heterocycles. The molecule has 0 spiro atoms. The van der Waals surface area contributed by atoms with Crippen molar-refractivity contribution in [1.29, 1.82) is 0 Å². The molecule has 0 heterocycles. The maximum Gasteiger partial charge on any atom is 0.315 e. The van der Waals surface area contributed by atoms with Crippen LogP contribution < -0.4 is 21.3 Å². The zero-order chi connectivity index (χ0) is 18.8. The Morgan fingerprint density at radius 1 is 1.04 bits per heavy atom. The predicted molar refractivity (Wildman–Crippen MR) is 92.1 cm³/mol. The van der Waals surface area contributed by atoms with E-state index in [9.17, 15) is 18.8 Å². The molecule has 2 unspecified atom stereocenters. The van der Waals surface area contributed by atoms with Gasteiger partial charge in [-0.3, -0.25) is 9.59 Å². The Hall–Kier alpha value is -2.64. The second-order valence-corrected chi connectivity index (χ2v) is 5.77. The molecule has 0 aliphatic rings. The van der Waals surface area contributed by atoms with E-state index in [1.54, 1.807) is 19.1 Å². The third-order valence-electron chi connectivity index (χ3n) is 3.55. The summed E-state index contributed by atoms with van der Waals surface area (Å²) in [5.41, 5.74) is 0.733. The van der Waals surface area contributed by atoms with Crippen LogP contribution in [0.3, 0.4) is 0 Å². The molecule has 0 bridgehead atoms. The van der Waals surface area contributed by atoms with Crippen molar-refractivity contribution in [1.82, 2.24) is 21.3 Å². The Bertz CT molecular complexity index is 592. The second kappa shape index (κ2) is 10.3. The Morgan fingerprint density at radius 3 is 2.28 bits per heavy atom. The fourth-order valence-electron chi connectivity index (χ4n) is 1.84. The lowest BCUT2D eigenvalue weighted by atomic mass is 10.2. The van der Waals surface area contributed by atoms with Gasteiger partial charge in [-0.25, -0.2) is 9.18 Å². The van der Waals surface area contributed by atoms with Crippen molar-refractivity contribution in [3.63, 3.8) is 0 Å². The molecule has 1 aromatic carbocycles. The van der Waals surface area contributed by atoms with Crippen LogP contribution >= 0.6 is 0 Å². The molecule has 4 amide bonds. The molecule has 25 heavy (non-hydrogen) atoms. The topological polar surface area (TPSA) is 99.3 Å². The van der Waals surface area contributed by atoms with E-state index in [1.165, 1.54) is 12.1 Å². The summed E-state index contributed by atoms with van der Waals surface area (Å²) >= 11 is 0. The number of carbonyl (C=O) groups is 3. The van der Waals surface area contributed by atoms with E-state index in [1.807, 2.05) is 13.8 Å². The number of carbonyl (C=O) groups excluding carboxylic acids is 3. The molecule has 7 nitrogen and oxygen atoms in total. The molecule has 8 heteroatoms. The lowest BCUT2D eigenvalue weighted by molar-refractivity contribution is -0.128. The van der Waals surface area contributed by atoms with Gasteiger partial charge in [-0.15, -0.1) is 0 Å². The molecule has 0 saturated carbocycles. The van der Waals surface area contributed by atoms with Crippen molar-refractivity contribution in [3.05, 3.63) is 35.6 Å². The third-order valence-corrected chi connectivity index (χ3v) is 3.55. The first-order valence-electron chi connectivity index (χ1n) is 8.17. The van der Waals surface area contributed by atoms with Crippen molar-refractivity contribution >= 4 is 17.8 Å². The van der Waals surface area contributed by atoms with Crippen LogP contribution in [0.2, 0.25) is 0 Å². The van der Waals surface area contributed by atoms with Crippen molar-refractivity contribution < 1.29 is 18.8 Å². The maximum absolute atomic E-state index is 12.8. The van der Waals surface area contributed by atoms with E-state index in [4.69, 9.17) is 0 Å². The number of hydrogen-bond acceptors (Lipinski definition) is 3. The van der Waals surface area contributed by atoms with E-state index in [-0.39, 0.29) is 30.9 Å². The summed E-state index contributed by atoms with van der Waals surface area (Å²) in [5.74, 6) is -1.09. The number of amides is 4. The maximum atomic E-state index is 12.8. The first kappa shape index (κ1) is 20.4. The smallest absolute Gasteiger partial charge is 0.315 e. The highest BCUT2D eigenvalue weighted by Gasteiger charge is 2.17. The molecule has 0 saturated heterocycles. The van der Waals surface area contributed by atoms with E-state index in [2.05, 4.69) is 21.3 Å². The Kier molecular flexibility index (Phi) is 8.38. The van der Waals surface area contributed by atoms with Crippen LogP contribution in [0.4, 0.5) is 9.18 Å². The summed E-state index contributed by atoms with van der Waals surface area (Å²) in [4.78, 5) is 35.2. The van der Waals surface area contributed by atoms with Crippen molar-refractivity contribution in [2.24, 2.45) is 0 Å². The van der Waals surface area contributed by atoms with Gasteiger partial charge < -0.3 is 21.3 Å². The van der Waals surface area contributed by atoms with E-state index in [0.29, 0.717) is 0 Å². The van der Waals surface area contributed by atoms with E-state index in [0.717, 1.165) is 12.0 Å². The zero-order valence-electron chi connectivity index (χ0n) is 14.7. The van der Waals surface area contributed by atoms with Crippen LogP contribution in [0.15, 0.2) is 24.3 Å². The summed E-state index contributed by atoms with van der Waals surface area (Å²) in [6, 6.07) is 4.52. The molecule has 1 aromatic rings. The van der Waals surface area contributed by atoms with Crippen LogP contribution in [-0.4, -0.2) is 36.5 Å². The third kappa shape index (κ3) is 8.14. The standard InChI is InChI=1S/C17H25FN4O3/c1-4-11(2)21-16(24)12(3)22-15(23)10-20-17(25)19-9-13-5-7-14(18)8-6-13/h5-8,11-12H,4,9-10H2,1-3H3,(H,21,24)(H,22,23)(H2,19,20,25). The zero-order valence-corrected chi connectivity index (χ0v) is 14.7. The van der Waals surface area contributed by atoms with Crippen LogP contribution in [0, 0.1) is 5.82 Å². The van der Waals surface area contributed by atoms with Crippen molar-refractivity contribution in [3.8, 4) is 0 Å². The Morgan fingerprint density at radius 2 is 1.68 bits per heavy atom. The Labute approximate surface area is 146 Å². The first-order chi connectivity index (χ1) is 11.8. The number of urea groups is 1. The summed E-state index contributed by atoms with van der Waals surface area (Å²) in [7, 11) is 0. The monoisotopic (exact) mass is 352 g/mol. The average molecular weight is 352 g/mol. The molecule has 2 atom stereocenters. The van der Waals surface area contributed by atoms with Crippen LogP contribution in [0.25, 0.3) is 0 Å². The normalized spacial score (nSPS) is 12.6. The molecular weight excluding hydrogens is 327 g/mol. The summed E-state index contributed by atoms with van der Waals surface area (Å²) in [6.45, 7) is 5.35. The number of nitrogens with one attached hydrogen (secondary N) is 4. The fourth-order valence-corrected chi connectivity index (χ4v) is 1.84. The van der Waals surface area contributed by atoms with E-state index >= 15 is 0 Å². The summed E-state index contributed by atoms with van der Waals surface area (Å²) in [6.07, 6.45) is 0.794. The lowest BCUT2D eigenvalue weighted by Crippen LogP contribution is -2.50. The molecule has 1 rings (SSSR count). The van der Waals surface area contributed by atoms with E-state index < -0.39 is 18.0 Å². The largest absolute Gasteiger partial charge is 0.352 e. The van der Waals surface area contributed by atoms with Gasteiger partial charge in [0, 0.05) is 12.6 Å². The van der Waals surface area contributed by atoms with Crippen molar-refractivity contribution in [2.75, 3.05) is 6.54 Å². The van der Waals surface area contributed by atoms with Gasteiger partial charge in [0.05, 0.1) is 6.54 Å². The van der Waals surface area contributed by atoms with Crippen molar-refractivity contribution in [2.45, 2.75) is 45.8 Å². The van der Waals surface area contributed by atoms with Gasteiger partial charge in [-0.05, 0) is 38.0 Å². The van der Waals surface area contributed by atoms with Gasteiger partial charge in [0.2, 0.25) is 11.8 Å². The van der Waals surface area contributed by atoms with Gasteiger partial charge in [0.15, 0.2) is 0 Å². The SMILES string of the molecule is CCC(C)NC(=O)C(C)NC(=O)CNC(=O)NCc1ccc(F)cc1. The molecule has 138 valence electrons. The van der Waals surface area contributed by atoms with Gasteiger partial charge in [0.25, 0.3) is 0 Å². The highest BCUT2D eigenvalue weighted by atomic mass is 19.1. The number of hydrogen-bond donors (Lipinski definition) is 4. The number of benzene rings is 1. The number of halogens is 1. The molecule has 0 aliphatic carbocycles. The minimum Gasteiger partial charge on any atom is -0.352 e. The van der Waals surface area contributed by atoms with Gasteiger partial charge in [-0.2, -0.15) is 0 Å². The Balaban J connectivity index is 2.27. The molecular formula is C17H25FN4O3. The van der Waals surface area contributed by atoms with Gasteiger partial charge >= 0.3 is 6.03 Å². The molecule has 0 aromatic heterocycles. The highest BCUT2D eigenvalue weighted by Crippen LogP contribution is 2.01. The van der Waals surface area contributed by atoms with Crippen LogP contribution in [0.1, 0.15) is 32.8 Å². The second-order valence-electron chi connectivity index (χ2n) is 5.77. The minimum atomic E-state index is -0.689. The average Bonchev–Trinajstić information content (AvgIpc) is 2.59. The quantitative estimate of drug-likeness (QED) is 0.563. The fraction of sp³-hybridized carbons (Fsp3) is 0.471. The highest BCUT2D eigenvalue weighted by molar-refractivity contribution is 5.89. The number of rotatable bonds is 8. The van der Waals surface area contributed by atoms with Crippen LogP contribution in [-0.2, 0) is 16.1 Å². The first-order valence-corrected chi connectivity index (χ1v) is 8.17. The molecule has 0 radical (unpaired) electrons. The minimum absolute atomic E-state index is 0.0298. The van der Waals surface area contributed by atoms with Gasteiger partial charge in [0.1, 0.15) is 11.9 Å². The van der Waals surface area contributed by atoms with Crippen LogP contribution in [0.5, 0.6) is 0 Å². The molecule has 0 fully saturated rings. The van der Waals surface area contributed by atoms with Gasteiger partial charge in [-0.1, -0.05) is 19.1 Å². The summed E-state index contributed by atoms with van der Waals surface area (Å²) in [5, 5.41) is 10.2.